The van der Waals surface area contributed by atoms with Gasteiger partial charge in [-0.2, -0.15) is 11.8 Å². The quantitative estimate of drug-likeness (QED) is 0.701. The van der Waals surface area contributed by atoms with Crippen molar-refractivity contribution in [1.82, 2.24) is 5.32 Å². The number of hydrogen-bond donors (Lipinski definition) is 2. The maximum Gasteiger partial charge on any atom is 0.227 e. The van der Waals surface area contributed by atoms with E-state index >= 15 is 0 Å². The summed E-state index contributed by atoms with van der Waals surface area (Å²) in [4.78, 5) is 12.0. The Hall–Kier alpha value is -0.220. The van der Waals surface area contributed by atoms with Crippen LogP contribution >= 0.6 is 11.8 Å². The topological polar surface area (TPSA) is 55.1 Å². The highest BCUT2D eigenvalue weighted by atomic mass is 32.2. The molecule has 90 valence electrons. The van der Waals surface area contributed by atoms with Gasteiger partial charge in [0.2, 0.25) is 5.91 Å². The summed E-state index contributed by atoms with van der Waals surface area (Å²) in [6, 6.07) is 0.268. The molecule has 0 saturated heterocycles. The van der Waals surface area contributed by atoms with E-state index < -0.39 is 5.41 Å². The van der Waals surface area contributed by atoms with Crippen molar-refractivity contribution in [2.45, 2.75) is 39.7 Å². The average Bonchev–Trinajstić information content (AvgIpc) is 2.27. The average molecular weight is 232 g/mol. The van der Waals surface area contributed by atoms with E-state index in [-0.39, 0.29) is 11.9 Å². The molecule has 0 fully saturated rings. The van der Waals surface area contributed by atoms with Crippen molar-refractivity contribution in [2.75, 3.05) is 18.6 Å². The fourth-order valence-electron chi connectivity index (χ4n) is 1.22. The summed E-state index contributed by atoms with van der Waals surface area (Å²) in [5.41, 5.74) is 5.23. The highest BCUT2D eigenvalue weighted by Crippen LogP contribution is 2.19. The lowest BCUT2D eigenvalue weighted by molar-refractivity contribution is -0.130. The molecule has 0 saturated carbocycles. The van der Waals surface area contributed by atoms with Gasteiger partial charge in [-0.1, -0.05) is 13.8 Å². The number of carbonyl (C=O) groups excluding carboxylic acids is 1. The van der Waals surface area contributed by atoms with Crippen molar-refractivity contribution in [2.24, 2.45) is 11.1 Å². The maximum absolute atomic E-state index is 12.0. The summed E-state index contributed by atoms with van der Waals surface area (Å²) < 4.78 is 0. The van der Waals surface area contributed by atoms with Gasteiger partial charge in [-0.05, 0) is 26.0 Å². The van der Waals surface area contributed by atoms with Crippen molar-refractivity contribution < 1.29 is 4.79 Å². The van der Waals surface area contributed by atoms with Crippen LogP contribution < -0.4 is 11.1 Å². The first kappa shape index (κ1) is 14.8. The second kappa shape index (κ2) is 7.12. The summed E-state index contributed by atoms with van der Waals surface area (Å²) >= 11 is 1.76. The molecule has 0 aliphatic heterocycles. The number of rotatable bonds is 7. The summed E-state index contributed by atoms with van der Waals surface area (Å²) in [5, 5.41) is 3.07. The third-order valence-corrected chi connectivity index (χ3v) is 3.71. The fourth-order valence-corrected chi connectivity index (χ4v) is 1.94. The molecule has 1 amide bonds. The van der Waals surface area contributed by atoms with Crippen LogP contribution in [-0.4, -0.2) is 30.5 Å². The first-order valence-corrected chi connectivity index (χ1v) is 6.93. The van der Waals surface area contributed by atoms with Gasteiger partial charge in [-0.25, -0.2) is 0 Å². The van der Waals surface area contributed by atoms with Gasteiger partial charge in [-0.3, -0.25) is 4.79 Å². The zero-order chi connectivity index (χ0) is 11.9. The van der Waals surface area contributed by atoms with Crippen LogP contribution in [0.15, 0.2) is 0 Å². The number of nitrogens with one attached hydrogen (secondary N) is 1. The maximum atomic E-state index is 12.0. The Labute approximate surface area is 97.6 Å². The van der Waals surface area contributed by atoms with Gasteiger partial charge in [0.15, 0.2) is 0 Å². The van der Waals surface area contributed by atoms with Crippen molar-refractivity contribution in [3.05, 3.63) is 0 Å². The van der Waals surface area contributed by atoms with Crippen molar-refractivity contribution in [1.29, 1.82) is 0 Å². The van der Waals surface area contributed by atoms with Crippen LogP contribution in [0.3, 0.4) is 0 Å². The van der Waals surface area contributed by atoms with Gasteiger partial charge in [0, 0.05) is 18.3 Å². The summed E-state index contributed by atoms with van der Waals surface area (Å²) in [6.07, 6.45) is 3.80. The molecule has 3 nitrogen and oxygen atoms in total. The number of amides is 1. The monoisotopic (exact) mass is 232 g/mol. The molecule has 3 N–H and O–H groups in total. The van der Waals surface area contributed by atoms with Gasteiger partial charge in [0.1, 0.15) is 0 Å². The third-order valence-electron chi connectivity index (χ3n) is 2.97. The molecular formula is C11H24N2OS. The Morgan fingerprint density at radius 2 is 2.13 bits per heavy atom. The molecule has 0 rings (SSSR count). The van der Waals surface area contributed by atoms with Gasteiger partial charge >= 0.3 is 0 Å². The minimum atomic E-state index is -0.411. The van der Waals surface area contributed by atoms with Gasteiger partial charge in [-0.15, -0.1) is 0 Å². The smallest absolute Gasteiger partial charge is 0.227 e. The molecule has 4 heteroatoms. The largest absolute Gasteiger partial charge is 0.352 e. The summed E-state index contributed by atoms with van der Waals surface area (Å²) in [7, 11) is 0. The predicted octanol–water partition coefficient (Wildman–Crippen LogP) is 1.62. The molecule has 2 unspecified atom stereocenters. The zero-order valence-corrected chi connectivity index (χ0v) is 11.1. The highest BCUT2D eigenvalue weighted by molar-refractivity contribution is 7.98. The second-order valence-electron chi connectivity index (χ2n) is 4.15. The molecule has 0 spiro atoms. The van der Waals surface area contributed by atoms with Crippen LogP contribution in [0.5, 0.6) is 0 Å². The fraction of sp³-hybridized carbons (Fsp3) is 0.909. The van der Waals surface area contributed by atoms with Crippen molar-refractivity contribution >= 4 is 17.7 Å². The lowest BCUT2D eigenvalue weighted by Crippen LogP contribution is -2.48. The lowest BCUT2D eigenvalue weighted by Gasteiger charge is -2.28. The predicted molar refractivity (Wildman–Crippen MR) is 68.1 cm³/mol. The first-order valence-electron chi connectivity index (χ1n) is 5.54. The number of carbonyl (C=O) groups is 1. The Balaban J connectivity index is 4.31. The van der Waals surface area contributed by atoms with E-state index in [1.165, 1.54) is 0 Å². The normalized spacial score (nSPS) is 16.9. The van der Waals surface area contributed by atoms with Crippen LogP contribution in [0.25, 0.3) is 0 Å². The SMILES string of the molecule is CCC(CSC)NC(=O)C(C)(CC)CN. The second-order valence-corrected chi connectivity index (χ2v) is 5.06. The molecule has 0 aromatic heterocycles. The van der Waals surface area contributed by atoms with E-state index in [9.17, 15) is 4.79 Å². The Morgan fingerprint density at radius 3 is 2.47 bits per heavy atom. The van der Waals surface area contributed by atoms with Crippen molar-refractivity contribution in [3.8, 4) is 0 Å². The Bertz CT molecular complexity index is 193. The molecule has 0 aliphatic carbocycles. The lowest BCUT2D eigenvalue weighted by atomic mass is 9.86. The van der Waals surface area contributed by atoms with Gasteiger partial charge in [0.25, 0.3) is 0 Å². The van der Waals surface area contributed by atoms with Gasteiger partial charge < -0.3 is 11.1 Å². The Kier molecular flexibility index (Phi) is 7.02. The van der Waals surface area contributed by atoms with Crippen LogP contribution in [0.2, 0.25) is 0 Å². The summed E-state index contributed by atoms with van der Waals surface area (Å²) in [6.45, 7) is 6.42. The van der Waals surface area contributed by atoms with Crippen LogP contribution in [0.1, 0.15) is 33.6 Å². The van der Waals surface area contributed by atoms with E-state index in [0.29, 0.717) is 6.54 Å². The molecule has 0 heterocycles. The molecule has 2 atom stereocenters. The number of hydrogen-bond acceptors (Lipinski definition) is 3. The van der Waals surface area contributed by atoms with Gasteiger partial charge in [0.05, 0.1) is 5.41 Å². The van der Waals surface area contributed by atoms with E-state index in [0.717, 1.165) is 18.6 Å². The van der Waals surface area contributed by atoms with Crippen LogP contribution in [0, 0.1) is 5.41 Å². The molecule has 0 aromatic carbocycles. The molecule has 0 aromatic rings. The standard InChI is InChI=1S/C11H24N2OS/c1-5-9(7-15-4)13-10(14)11(3,6-2)8-12/h9H,5-8,12H2,1-4H3,(H,13,14). The molecule has 0 aliphatic rings. The Morgan fingerprint density at radius 1 is 1.53 bits per heavy atom. The minimum Gasteiger partial charge on any atom is -0.352 e. The molecule has 15 heavy (non-hydrogen) atoms. The molecule has 0 radical (unpaired) electrons. The molecule has 0 bridgehead atoms. The van der Waals surface area contributed by atoms with E-state index in [4.69, 9.17) is 5.73 Å². The first-order chi connectivity index (χ1) is 7.03. The van der Waals surface area contributed by atoms with Crippen molar-refractivity contribution in [3.63, 3.8) is 0 Å². The molecular weight excluding hydrogens is 208 g/mol. The van der Waals surface area contributed by atoms with E-state index in [2.05, 4.69) is 18.5 Å². The van der Waals surface area contributed by atoms with Crippen LogP contribution in [-0.2, 0) is 4.79 Å². The van der Waals surface area contributed by atoms with E-state index in [1.54, 1.807) is 11.8 Å². The van der Waals surface area contributed by atoms with Crippen LogP contribution in [0.4, 0.5) is 0 Å². The summed E-state index contributed by atoms with van der Waals surface area (Å²) in [5.74, 6) is 1.06. The number of nitrogens with two attached hydrogens (primary N) is 1. The third kappa shape index (κ3) is 4.43. The highest BCUT2D eigenvalue weighted by Gasteiger charge is 2.30. The van der Waals surface area contributed by atoms with E-state index in [1.807, 2.05) is 13.8 Å². The minimum absolute atomic E-state index is 0.0911. The zero-order valence-electron chi connectivity index (χ0n) is 10.3. The number of thioether (sulfide) groups is 1.